The summed E-state index contributed by atoms with van der Waals surface area (Å²) in [6.45, 7) is 11.5. The summed E-state index contributed by atoms with van der Waals surface area (Å²) in [4.78, 5) is 0. The Balaban J connectivity index is 0.000000217. The van der Waals surface area contributed by atoms with Crippen molar-refractivity contribution in [3.63, 3.8) is 0 Å². The molecule has 0 saturated heterocycles. The Bertz CT molecular complexity index is 385. The molecule has 4 atom stereocenters. The van der Waals surface area contributed by atoms with Gasteiger partial charge in [-0.3, -0.25) is 0 Å². The zero-order valence-corrected chi connectivity index (χ0v) is 15.1. The van der Waals surface area contributed by atoms with Gasteiger partial charge >= 0.3 is 0 Å². The molecule has 1 heteroatoms. The van der Waals surface area contributed by atoms with Crippen LogP contribution in [0.4, 0.5) is 0 Å². The minimum Gasteiger partial charge on any atom is -0.132 e. The van der Waals surface area contributed by atoms with Gasteiger partial charge in [0.1, 0.15) is 8.07 Å². The summed E-state index contributed by atoms with van der Waals surface area (Å²) in [5.41, 5.74) is 3.48. The Morgan fingerprint density at radius 2 is 1.35 bits per heavy atom. The molecule has 2 saturated carbocycles. The fourth-order valence-corrected chi connectivity index (χ4v) is 3.68. The van der Waals surface area contributed by atoms with E-state index in [2.05, 4.69) is 50.9 Å². The van der Waals surface area contributed by atoms with Gasteiger partial charge < -0.3 is 0 Å². The molecule has 0 spiro atoms. The quantitative estimate of drug-likeness (QED) is 0.416. The SMILES string of the molecule is C#CC1CCC[C@H]1C.C[C@@H]1CCCC1C#C[Si](C)(C)C. The van der Waals surface area contributed by atoms with Crippen LogP contribution < -0.4 is 0 Å². The van der Waals surface area contributed by atoms with Crippen LogP contribution in [0, 0.1) is 47.5 Å². The second-order valence-corrected chi connectivity index (χ2v) is 12.5. The summed E-state index contributed by atoms with van der Waals surface area (Å²) in [6, 6.07) is 0. The zero-order valence-electron chi connectivity index (χ0n) is 14.1. The van der Waals surface area contributed by atoms with Crippen LogP contribution in [0.1, 0.15) is 52.4 Å². The lowest BCUT2D eigenvalue weighted by Crippen LogP contribution is -2.17. The second-order valence-electron chi connectivity index (χ2n) is 7.72. The molecule has 2 unspecified atom stereocenters. The molecule has 2 rings (SSSR count). The van der Waals surface area contributed by atoms with Crippen molar-refractivity contribution in [2.75, 3.05) is 0 Å². The fraction of sp³-hybridized carbons (Fsp3) is 0.789. The molecule has 20 heavy (non-hydrogen) atoms. The third-order valence-corrected chi connectivity index (χ3v) is 5.46. The van der Waals surface area contributed by atoms with E-state index in [4.69, 9.17) is 6.42 Å². The van der Waals surface area contributed by atoms with Crippen LogP contribution >= 0.6 is 0 Å². The van der Waals surface area contributed by atoms with Crippen LogP contribution in [0.3, 0.4) is 0 Å². The zero-order chi connectivity index (χ0) is 15.2. The van der Waals surface area contributed by atoms with Crippen LogP contribution in [0.2, 0.25) is 19.6 Å². The lowest BCUT2D eigenvalue weighted by molar-refractivity contribution is 0.519. The predicted molar refractivity (Wildman–Crippen MR) is 93.0 cm³/mol. The second kappa shape index (κ2) is 7.95. The van der Waals surface area contributed by atoms with Crippen molar-refractivity contribution in [1.29, 1.82) is 0 Å². The van der Waals surface area contributed by atoms with Gasteiger partial charge in [-0.1, -0.05) is 46.3 Å². The summed E-state index contributed by atoms with van der Waals surface area (Å²) in [7, 11) is -1.12. The first kappa shape index (κ1) is 17.4. The molecule has 0 amide bonds. The van der Waals surface area contributed by atoms with Crippen molar-refractivity contribution in [3.8, 4) is 23.8 Å². The topological polar surface area (TPSA) is 0 Å². The van der Waals surface area contributed by atoms with Gasteiger partial charge in [-0.25, -0.2) is 0 Å². The molecule has 0 heterocycles. The first-order valence-electron chi connectivity index (χ1n) is 8.32. The Morgan fingerprint density at radius 1 is 0.850 bits per heavy atom. The van der Waals surface area contributed by atoms with Crippen molar-refractivity contribution in [1.82, 2.24) is 0 Å². The molecule has 2 aliphatic carbocycles. The molecule has 0 aliphatic heterocycles. The first-order valence-corrected chi connectivity index (χ1v) is 11.8. The van der Waals surface area contributed by atoms with Gasteiger partial charge in [0.15, 0.2) is 0 Å². The molecule has 0 N–H and O–H groups in total. The van der Waals surface area contributed by atoms with Crippen LogP contribution in [-0.2, 0) is 0 Å². The molecule has 112 valence electrons. The number of terminal acetylenes is 1. The summed E-state index contributed by atoms with van der Waals surface area (Å²) < 4.78 is 0. The summed E-state index contributed by atoms with van der Waals surface area (Å²) >= 11 is 0. The number of hydrogen-bond acceptors (Lipinski definition) is 0. The van der Waals surface area contributed by atoms with Crippen molar-refractivity contribution >= 4 is 8.07 Å². The average molecular weight is 289 g/mol. The Labute approximate surface area is 128 Å². The smallest absolute Gasteiger partial charge is 0.129 e. The van der Waals surface area contributed by atoms with E-state index in [1.54, 1.807) is 0 Å². The van der Waals surface area contributed by atoms with E-state index in [0.29, 0.717) is 5.92 Å². The minimum atomic E-state index is -1.12. The monoisotopic (exact) mass is 288 g/mol. The van der Waals surface area contributed by atoms with Gasteiger partial charge in [-0.15, -0.1) is 23.8 Å². The van der Waals surface area contributed by atoms with E-state index in [-0.39, 0.29) is 0 Å². The van der Waals surface area contributed by atoms with Crippen molar-refractivity contribution < 1.29 is 0 Å². The highest BCUT2D eigenvalue weighted by atomic mass is 28.3. The fourth-order valence-electron chi connectivity index (χ4n) is 3.06. The van der Waals surface area contributed by atoms with E-state index in [9.17, 15) is 0 Å². The Morgan fingerprint density at radius 3 is 1.65 bits per heavy atom. The van der Waals surface area contributed by atoms with Crippen LogP contribution in [0.25, 0.3) is 0 Å². The third kappa shape index (κ3) is 6.19. The Hall–Kier alpha value is -0.663. The summed E-state index contributed by atoms with van der Waals surface area (Å²) in [5, 5.41) is 0. The molecule has 0 bridgehead atoms. The maximum Gasteiger partial charge on any atom is 0.129 e. The molecule has 2 aliphatic rings. The highest BCUT2D eigenvalue weighted by molar-refractivity contribution is 6.83. The molecular weight excluding hydrogens is 256 g/mol. The highest BCUT2D eigenvalue weighted by Gasteiger charge is 2.21. The molecular formula is C19H32Si. The average Bonchev–Trinajstić information content (AvgIpc) is 2.95. The maximum atomic E-state index is 5.27. The van der Waals surface area contributed by atoms with E-state index in [1.807, 2.05) is 0 Å². The molecule has 0 nitrogen and oxygen atoms in total. The van der Waals surface area contributed by atoms with Crippen molar-refractivity contribution in [3.05, 3.63) is 0 Å². The van der Waals surface area contributed by atoms with Crippen LogP contribution in [0.15, 0.2) is 0 Å². The van der Waals surface area contributed by atoms with Gasteiger partial charge in [0.2, 0.25) is 0 Å². The van der Waals surface area contributed by atoms with E-state index < -0.39 is 8.07 Å². The van der Waals surface area contributed by atoms with Gasteiger partial charge in [0.05, 0.1) is 0 Å². The normalized spacial score (nSPS) is 32.6. The summed E-state index contributed by atoms with van der Waals surface area (Å²) in [6.07, 6.45) is 13.4. The Kier molecular flexibility index (Phi) is 6.91. The highest BCUT2D eigenvalue weighted by Crippen LogP contribution is 2.30. The minimum absolute atomic E-state index is 0.593. The van der Waals surface area contributed by atoms with Crippen molar-refractivity contribution in [2.24, 2.45) is 23.7 Å². The summed E-state index contributed by atoms with van der Waals surface area (Å²) in [5.74, 6) is 9.26. The predicted octanol–water partition coefficient (Wildman–Crippen LogP) is 5.36. The van der Waals surface area contributed by atoms with E-state index in [1.165, 1.54) is 38.5 Å². The third-order valence-electron chi connectivity index (χ3n) is 4.57. The standard InChI is InChI=1S/C11H20Si.C8H12/c1-10-6-5-7-11(10)8-9-12(2,3)4;1-3-8-6-4-5-7(8)2/h10-11H,5-7H2,1-4H3;1,7-8H,4-6H2,2H3/t10-,11?;7-,8?/m11/s1. The lowest BCUT2D eigenvalue weighted by Gasteiger charge is -2.09. The van der Waals surface area contributed by atoms with Gasteiger partial charge in [0.25, 0.3) is 0 Å². The van der Waals surface area contributed by atoms with Gasteiger partial charge in [-0.2, -0.15) is 0 Å². The molecule has 0 radical (unpaired) electrons. The van der Waals surface area contributed by atoms with E-state index >= 15 is 0 Å². The molecule has 0 aromatic rings. The van der Waals surface area contributed by atoms with Gasteiger partial charge in [-0.05, 0) is 37.5 Å². The van der Waals surface area contributed by atoms with Gasteiger partial charge in [0, 0.05) is 11.8 Å². The molecule has 2 fully saturated rings. The maximum absolute atomic E-state index is 5.27. The number of rotatable bonds is 0. The first-order chi connectivity index (χ1) is 9.33. The van der Waals surface area contributed by atoms with E-state index in [0.717, 1.165) is 17.8 Å². The molecule has 0 aromatic carbocycles. The number of hydrogen-bond donors (Lipinski definition) is 0. The van der Waals surface area contributed by atoms with Crippen molar-refractivity contribution in [2.45, 2.75) is 72.0 Å². The van der Waals surface area contributed by atoms with Crippen LogP contribution in [-0.4, -0.2) is 8.07 Å². The molecule has 0 aromatic heterocycles. The lowest BCUT2D eigenvalue weighted by atomic mass is 10.00. The van der Waals surface area contributed by atoms with Crippen LogP contribution in [0.5, 0.6) is 0 Å². The largest absolute Gasteiger partial charge is 0.132 e.